The van der Waals surface area contributed by atoms with E-state index in [1.54, 1.807) is 0 Å². The first-order valence-electron chi connectivity index (χ1n) is 6.32. The van der Waals surface area contributed by atoms with Crippen molar-refractivity contribution >= 4 is 0 Å². The van der Waals surface area contributed by atoms with Crippen molar-refractivity contribution in [3.05, 3.63) is 0 Å². The molecule has 0 heterocycles. The van der Waals surface area contributed by atoms with Crippen molar-refractivity contribution in [2.24, 2.45) is 17.6 Å². The topological polar surface area (TPSA) is 29.3 Å². The minimum absolute atomic E-state index is 0.0407. The number of halogens is 3. The van der Waals surface area contributed by atoms with Gasteiger partial charge < -0.3 is 5.73 Å². The maximum absolute atomic E-state index is 12.5. The van der Waals surface area contributed by atoms with Gasteiger partial charge in [0.25, 0.3) is 0 Å². The minimum Gasteiger partial charge on any atom is -0.329 e. The summed E-state index contributed by atoms with van der Waals surface area (Å²) in [5.41, 5.74) is 5.42. The van der Waals surface area contributed by atoms with Gasteiger partial charge in [-0.15, -0.1) is 0 Å². The predicted molar refractivity (Wildman–Crippen MR) is 62.6 cm³/mol. The molecule has 0 bridgehead atoms. The van der Waals surface area contributed by atoms with Crippen LogP contribution < -0.4 is 5.73 Å². The van der Waals surface area contributed by atoms with Crippen LogP contribution in [0.5, 0.6) is 0 Å². The summed E-state index contributed by atoms with van der Waals surface area (Å²) >= 11 is 0. The molecule has 0 spiro atoms. The van der Waals surface area contributed by atoms with Crippen LogP contribution in [-0.4, -0.2) is 36.8 Å². The van der Waals surface area contributed by atoms with Gasteiger partial charge in [-0.3, -0.25) is 4.90 Å². The number of alkyl halides is 3. The van der Waals surface area contributed by atoms with Gasteiger partial charge in [0.05, 0.1) is 6.54 Å². The van der Waals surface area contributed by atoms with Crippen molar-refractivity contribution in [1.82, 2.24) is 4.90 Å². The molecule has 1 rings (SSSR count). The first-order valence-corrected chi connectivity index (χ1v) is 6.32. The van der Waals surface area contributed by atoms with Crippen LogP contribution in [0.15, 0.2) is 0 Å². The van der Waals surface area contributed by atoms with Gasteiger partial charge in [0.1, 0.15) is 0 Å². The van der Waals surface area contributed by atoms with Crippen molar-refractivity contribution in [2.45, 2.75) is 45.3 Å². The molecule has 0 aromatic rings. The number of rotatable bonds is 4. The van der Waals surface area contributed by atoms with Crippen LogP contribution in [-0.2, 0) is 0 Å². The average Bonchev–Trinajstić information content (AvgIpc) is 2.13. The second-order valence-corrected chi connectivity index (χ2v) is 5.45. The molecule has 0 aromatic carbocycles. The monoisotopic (exact) mass is 252 g/mol. The van der Waals surface area contributed by atoms with Crippen molar-refractivity contribution in [1.29, 1.82) is 0 Å². The highest BCUT2D eigenvalue weighted by Gasteiger charge is 2.36. The fraction of sp³-hybridized carbons (Fsp3) is 1.00. The molecule has 0 aromatic heterocycles. The molecule has 1 saturated carbocycles. The number of hydrogen-bond acceptors (Lipinski definition) is 2. The molecule has 1 aliphatic rings. The largest absolute Gasteiger partial charge is 0.401 e. The van der Waals surface area contributed by atoms with E-state index < -0.39 is 12.7 Å². The summed E-state index contributed by atoms with van der Waals surface area (Å²) in [5.74, 6) is 1.02. The van der Waals surface area contributed by atoms with Gasteiger partial charge in [0.15, 0.2) is 0 Å². The SMILES string of the molecule is CC1CC(C)CC(N(CCN)CC(F)(F)F)C1. The normalized spacial score (nSPS) is 30.9. The van der Waals surface area contributed by atoms with E-state index >= 15 is 0 Å². The Bertz CT molecular complexity index is 220. The Morgan fingerprint density at radius 3 is 2.06 bits per heavy atom. The molecule has 5 heteroatoms. The summed E-state index contributed by atoms with van der Waals surface area (Å²) in [4.78, 5) is 1.52. The average molecular weight is 252 g/mol. The maximum Gasteiger partial charge on any atom is 0.401 e. The van der Waals surface area contributed by atoms with Crippen LogP contribution in [0.25, 0.3) is 0 Å². The molecule has 1 fully saturated rings. The second-order valence-electron chi connectivity index (χ2n) is 5.45. The lowest BCUT2D eigenvalue weighted by molar-refractivity contribution is -0.153. The predicted octanol–water partition coefficient (Wildman–Crippen LogP) is 2.63. The van der Waals surface area contributed by atoms with Crippen molar-refractivity contribution in [3.63, 3.8) is 0 Å². The Balaban J connectivity index is 2.62. The van der Waals surface area contributed by atoms with E-state index in [9.17, 15) is 13.2 Å². The molecule has 2 nitrogen and oxygen atoms in total. The molecule has 2 atom stereocenters. The van der Waals surface area contributed by atoms with Crippen molar-refractivity contribution in [2.75, 3.05) is 19.6 Å². The van der Waals surface area contributed by atoms with Crippen LogP contribution >= 0.6 is 0 Å². The molecule has 0 amide bonds. The molecule has 17 heavy (non-hydrogen) atoms. The first kappa shape index (κ1) is 14.8. The molecule has 102 valence electrons. The van der Waals surface area contributed by atoms with Gasteiger partial charge in [0.2, 0.25) is 0 Å². The van der Waals surface area contributed by atoms with E-state index in [1.165, 1.54) is 4.90 Å². The van der Waals surface area contributed by atoms with Crippen LogP contribution in [0, 0.1) is 11.8 Å². The Kier molecular flexibility index (Phi) is 5.25. The van der Waals surface area contributed by atoms with E-state index in [0.717, 1.165) is 19.3 Å². The lowest BCUT2D eigenvalue weighted by Gasteiger charge is -2.39. The zero-order valence-corrected chi connectivity index (χ0v) is 10.6. The molecule has 1 aliphatic carbocycles. The summed E-state index contributed by atoms with van der Waals surface area (Å²) in [7, 11) is 0. The highest BCUT2D eigenvalue weighted by molar-refractivity contribution is 4.83. The van der Waals surface area contributed by atoms with Crippen LogP contribution in [0.2, 0.25) is 0 Å². The van der Waals surface area contributed by atoms with E-state index in [1.807, 2.05) is 0 Å². The van der Waals surface area contributed by atoms with Crippen LogP contribution in [0.1, 0.15) is 33.1 Å². The molecule has 2 unspecified atom stereocenters. The second kappa shape index (κ2) is 6.05. The zero-order chi connectivity index (χ0) is 13.1. The minimum atomic E-state index is -4.13. The van der Waals surface area contributed by atoms with Crippen LogP contribution in [0.3, 0.4) is 0 Å². The van der Waals surface area contributed by atoms with Gasteiger partial charge in [0, 0.05) is 19.1 Å². The van der Waals surface area contributed by atoms with Gasteiger partial charge >= 0.3 is 6.18 Å². The van der Waals surface area contributed by atoms with Gasteiger partial charge in [-0.25, -0.2) is 0 Å². The fourth-order valence-electron chi connectivity index (χ4n) is 2.99. The lowest BCUT2D eigenvalue weighted by Crippen LogP contribution is -2.47. The highest BCUT2D eigenvalue weighted by atomic mass is 19.4. The standard InChI is InChI=1S/C12H23F3N2/c1-9-5-10(2)7-11(6-9)17(4-3-16)8-12(13,14)15/h9-11H,3-8,16H2,1-2H3. The van der Waals surface area contributed by atoms with Crippen LogP contribution in [0.4, 0.5) is 13.2 Å². The number of hydrogen-bond donors (Lipinski definition) is 1. The summed E-state index contributed by atoms with van der Waals surface area (Å²) in [6, 6.07) is 0.0407. The molecular formula is C12H23F3N2. The molecule has 0 saturated heterocycles. The van der Waals surface area contributed by atoms with Gasteiger partial charge in [-0.05, 0) is 31.1 Å². The van der Waals surface area contributed by atoms with E-state index in [0.29, 0.717) is 18.4 Å². The zero-order valence-electron chi connectivity index (χ0n) is 10.6. The molecular weight excluding hydrogens is 229 g/mol. The highest BCUT2D eigenvalue weighted by Crippen LogP contribution is 2.32. The summed E-state index contributed by atoms with van der Waals surface area (Å²) in [5, 5.41) is 0. The van der Waals surface area contributed by atoms with Crippen molar-refractivity contribution < 1.29 is 13.2 Å². The van der Waals surface area contributed by atoms with E-state index in [4.69, 9.17) is 5.73 Å². The summed E-state index contributed by atoms with van der Waals surface area (Å²) in [6.07, 6.45) is -1.28. The fourth-order valence-corrected chi connectivity index (χ4v) is 2.99. The van der Waals surface area contributed by atoms with Crippen molar-refractivity contribution in [3.8, 4) is 0 Å². The smallest absolute Gasteiger partial charge is 0.329 e. The van der Waals surface area contributed by atoms with E-state index in [-0.39, 0.29) is 12.6 Å². The molecule has 2 N–H and O–H groups in total. The van der Waals surface area contributed by atoms with E-state index in [2.05, 4.69) is 13.8 Å². The summed E-state index contributed by atoms with van der Waals surface area (Å²) < 4.78 is 37.5. The number of nitrogens with zero attached hydrogens (tertiary/aromatic N) is 1. The Hall–Kier alpha value is -0.290. The molecule has 0 radical (unpaired) electrons. The first-order chi connectivity index (χ1) is 7.81. The summed E-state index contributed by atoms with van der Waals surface area (Å²) in [6.45, 7) is 4.04. The van der Waals surface area contributed by atoms with Gasteiger partial charge in [-0.2, -0.15) is 13.2 Å². The maximum atomic E-state index is 12.5. The third kappa shape index (κ3) is 5.25. The number of nitrogens with two attached hydrogens (primary N) is 1. The van der Waals surface area contributed by atoms with Gasteiger partial charge in [-0.1, -0.05) is 13.8 Å². The molecule has 0 aliphatic heterocycles. The Morgan fingerprint density at radius 2 is 1.65 bits per heavy atom. The Labute approximate surface area is 101 Å². The quantitative estimate of drug-likeness (QED) is 0.833. The third-order valence-electron chi connectivity index (χ3n) is 3.47. The lowest BCUT2D eigenvalue weighted by atomic mass is 9.80. The third-order valence-corrected chi connectivity index (χ3v) is 3.47. The Morgan fingerprint density at radius 1 is 1.12 bits per heavy atom.